The van der Waals surface area contributed by atoms with Crippen molar-refractivity contribution in [3.05, 3.63) is 45.9 Å². The van der Waals surface area contributed by atoms with Gasteiger partial charge in [0.15, 0.2) is 5.69 Å². The number of carboxylic acids is 1. The van der Waals surface area contributed by atoms with Crippen LogP contribution in [0.4, 0.5) is 0 Å². The maximum atomic E-state index is 12.5. The lowest BCUT2D eigenvalue weighted by Gasteiger charge is -2.26. The molecule has 1 spiro atoms. The Morgan fingerprint density at radius 3 is 3.04 bits per heavy atom. The van der Waals surface area contributed by atoms with E-state index in [1.165, 1.54) is 16.7 Å². The number of carbonyl (C=O) groups is 2. The first kappa shape index (κ1) is 16.1. The molecule has 1 aromatic carbocycles. The van der Waals surface area contributed by atoms with Crippen molar-refractivity contribution in [2.75, 3.05) is 13.2 Å². The highest BCUT2D eigenvalue weighted by Gasteiger charge is 2.60. The number of nitrogens with zero attached hydrogens (tertiary/aromatic N) is 1. The topological polar surface area (TPSA) is 88.5 Å². The van der Waals surface area contributed by atoms with Crippen LogP contribution < -0.4 is 10.1 Å². The van der Waals surface area contributed by atoms with Crippen LogP contribution in [0.25, 0.3) is 0 Å². The number of nitrogens with one attached hydrogen (secondary N) is 1. The quantitative estimate of drug-likeness (QED) is 0.856. The first-order valence-electron chi connectivity index (χ1n) is 8.28. The first-order valence-corrected chi connectivity index (χ1v) is 9.16. The van der Waals surface area contributed by atoms with Crippen LogP contribution in [0.2, 0.25) is 0 Å². The number of thiazole rings is 1. The molecule has 2 atom stereocenters. The molecule has 2 aliphatic rings. The lowest BCUT2D eigenvalue weighted by atomic mass is 9.87. The van der Waals surface area contributed by atoms with Gasteiger partial charge in [0, 0.05) is 35.2 Å². The SMILES string of the molecule is O=C(O)c1csc(CCNC(=O)[C@@H]2C[C@]23CCOc2ccccc23)n1. The van der Waals surface area contributed by atoms with Crippen LogP contribution in [0.15, 0.2) is 29.6 Å². The van der Waals surface area contributed by atoms with E-state index < -0.39 is 5.97 Å². The lowest BCUT2D eigenvalue weighted by Crippen LogP contribution is -2.32. The monoisotopic (exact) mass is 358 g/mol. The highest BCUT2D eigenvalue weighted by Crippen LogP contribution is 2.60. The van der Waals surface area contributed by atoms with Gasteiger partial charge in [0.25, 0.3) is 0 Å². The third kappa shape index (κ3) is 2.89. The lowest BCUT2D eigenvalue weighted by molar-refractivity contribution is -0.122. The van der Waals surface area contributed by atoms with E-state index in [4.69, 9.17) is 9.84 Å². The van der Waals surface area contributed by atoms with Gasteiger partial charge in [-0.3, -0.25) is 4.79 Å². The Kier molecular flexibility index (Phi) is 3.95. The number of carbonyl (C=O) groups excluding carboxylic acids is 1. The maximum Gasteiger partial charge on any atom is 0.355 e. The molecule has 0 saturated heterocycles. The molecule has 0 radical (unpaired) electrons. The van der Waals surface area contributed by atoms with E-state index in [1.54, 1.807) is 0 Å². The molecule has 2 heterocycles. The van der Waals surface area contributed by atoms with Crippen LogP contribution in [0, 0.1) is 5.92 Å². The van der Waals surface area contributed by atoms with Crippen molar-refractivity contribution in [3.63, 3.8) is 0 Å². The molecular weight excluding hydrogens is 340 g/mol. The number of rotatable bonds is 5. The van der Waals surface area contributed by atoms with Crippen molar-refractivity contribution < 1.29 is 19.4 Å². The van der Waals surface area contributed by atoms with Crippen molar-refractivity contribution in [2.24, 2.45) is 5.92 Å². The highest BCUT2D eigenvalue weighted by atomic mass is 32.1. The minimum atomic E-state index is -1.02. The minimum Gasteiger partial charge on any atom is -0.493 e. The zero-order valence-electron chi connectivity index (χ0n) is 13.5. The van der Waals surface area contributed by atoms with Gasteiger partial charge in [0.2, 0.25) is 5.91 Å². The summed E-state index contributed by atoms with van der Waals surface area (Å²) >= 11 is 1.31. The smallest absolute Gasteiger partial charge is 0.355 e. The number of aromatic nitrogens is 1. The standard InChI is InChI=1S/C18H18N2O4S/c21-16(19-7-5-15-20-13(10-25-15)17(22)23)12-9-18(12)6-8-24-14-4-2-1-3-11(14)18/h1-4,10,12H,5-9H2,(H,19,21)(H,22,23)/t12-,18-/m0/s1. The molecule has 7 heteroatoms. The fourth-order valence-corrected chi connectivity index (χ4v) is 4.42. The van der Waals surface area contributed by atoms with Crippen LogP contribution in [-0.2, 0) is 16.6 Å². The van der Waals surface area contributed by atoms with Crippen molar-refractivity contribution in [2.45, 2.75) is 24.7 Å². The molecule has 130 valence electrons. The van der Waals surface area contributed by atoms with E-state index >= 15 is 0 Å². The Balaban J connectivity index is 1.35. The van der Waals surface area contributed by atoms with Gasteiger partial charge < -0.3 is 15.2 Å². The fourth-order valence-electron chi connectivity index (χ4n) is 3.64. The molecule has 1 aliphatic heterocycles. The molecule has 2 aromatic rings. The Morgan fingerprint density at radius 1 is 1.40 bits per heavy atom. The van der Waals surface area contributed by atoms with E-state index in [0.717, 1.165) is 29.2 Å². The molecule has 6 nitrogen and oxygen atoms in total. The number of hydrogen-bond acceptors (Lipinski definition) is 5. The number of ether oxygens (including phenoxy) is 1. The number of para-hydroxylation sites is 1. The first-order chi connectivity index (χ1) is 12.1. The van der Waals surface area contributed by atoms with E-state index in [-0.39, 0.29) is 22.9 Å². The summed E-state index contributed by atoms with van der Waals surface area (Å²) in [5.74, 6) is -0.0761. The molecule has 4 rings (SSSR count). The van der Waals surface area contributed by atoms with Gasteiger partial charge in [0.1, 0.15) is 5.75 Å². The minimum absolute atomic E-state index is 0.0107. The predicted octanol–water partition coefficient (Wildman–Crippen LogP) is 2.24. The van der Waals surface area contributed by atoms with Gasteiger partial charge >= 0.3 is 5.97 Å². The Labute approximate surface area is 148 Å². The second-order valence-electron chi connectivity index (χ2n) is 6.48. The number of hydrogen-bond donors (Lipinski definition) is 2. The number of amides is 1. The predicted molar refractivity (Wildman–Crippen MR) is 92.1 cm³/mol. The summed E-state index contributed by atoms with van der Waals surface area (Å²) in [4.78, 5) is 27.4. The normalized spacial score (nSPS) is 23.6. The van der Waals surface area contributed by atoms with Gasteiger partial charge in [0.05, 0.1) is 11.6 Å². The van der Waals surface area contributed by atoms with E-state index in [1.807, 2.05) is 18.2 Å². The van der Waals surface area contributed by atoms with E-state index in [9.17, 15) is 9.59 Å². The zero-order valence-corrected chi connectivity index (χ0v) is 14.3. The van der Waals surface area contributed by atoms with Gasteiger partial charge in [-0.25, -0.2) is 9.78 Å². The average Bonchev–Trinajstić information content (AvgIpc) is 3.12. The summed E-state index contributed by atoms with van der Waals surface area (Å²) in [6.45, 7) is 1.12. The molecular formula is C18H18N2O4S. The third-order valence-electron chi connectivity index (χ3n) is 5.03. The summed E-state index contributed by atoms with van der Waals surface area (Å²) in [6, 6.07) is 7.97. The summed E-state index contributed by atoms with van der Waals surface area (Å²) in [5, 5.41) is 14.1. The zero-order chi connectivity index (χ0) is 17.4. The van der Waals surface area contributed by atoms with Crippen molar-refractivity contribution >= 4 is 23.2 Å². The third-order valence-corrected chi connectivity index (χ3v) is 5.94. The number of carboxylic acid groups (broad SMARTS) is 1. The maximum absolute atomic E-state index is 12.5. The Hall–Kier alpha value is -2.41. The molecule has 1 fully saturated rings. The van der Waals surface area contributed by atoms with E-state index in [0.29, 0.717) is 19.6 Å². The van der Waals surface area contributed by atoms with Gasteiger partial charge in [-0.15, -0.1) is 11.3 Å². The van der Waals surface area contributed by atoms with Gasteiger partial charge in [-0.05, 0) is 18.9 Å². The second-order valence-corrected chi connectivity index (χ2v) is 7.42. The molecule has 1 amide bonds. The number of aromatic carboxylic acids is 1. The Bertz CT molecular complexity index is 834. The van der Waals surface area contributed by atoms with Crippen molar-refractivity contribution in [1.29, 1.82) is 0 Å². The molecule has 0 unspecified atom stereocenters. The highest BCUT2D eigenvalue weighted by molar-refractivity contribution is 7.09. The van der Waals surface area contributed by atoms with E-state index in [2.05, 4.69) is 16.4 Å². The fraction of sp³-hybridized carbons (Fsp3) is 0.389. The van der Waals surface area contributed by atoms with Crippen LogP contribution in [-0.4, -0.2) is 35.1 Å². The van der Waals surface area contributed by atoms with Crippen molar-refractivity contribution in [1.82, 2.24) is 10.3 Å². The molecule has 1 saturated carbocycles. The molecule has 1 aliphatic carbocycles. The van der Waals surface area contributed by atoms with Crippen LogP contribution in [0.1, 0.15) is 33.9 Å². The van der Waals surface area contributed by atoms with Gasteiger partial charge in [-0.1, -0.05) is 18.2 Å². The summed E-state index contributed by atoms with van der Waals surface area (Å²) < 4.78 is 5.70. The molecule has 2 N–H and O–H groups in total. The number of fused-ring (bicyclic) bond motifs is 2. The summed E-state index contributed by atoms with van der Waals surface area (Å²) in [7, 11) is 0. The number of benzene rings is 1. The average molecular weight is 358 g/mol. The van der Waals surface area contributed by atoms with Crippen molar-refractivity contribution in [3.8, 4) is 5.75 Å². The van der Waals surface area contributed by atoms with Crippen LogP contribution in [0.3, 0.4) is 0 Å². The molecule has 1 aromatic heterocycles. The Morgan fingerprint density at radius 2 is 2.24 bits per heavy atom. The van der Waals surface area contributed by atoms with Crippen LogP contribution in [0.5, 0.6) is 5.75 Å². The second kappa shape index (κ2) is 6.15. The summed E-state index contributed by atoms with van der Waals surface area (Å²) in [5.41, 5.74) is 1.13. The van der Waals surface area contributed by atoms with Gasteiger partial charge in [-0.2, -0.15) is 0 Å². The largest absolute Gasteiger partial charge is 0.493 e. The molecule has 25 heavy (non-hydrogen) atoms. The van der Waals surface area contributed by atoms with Crippen LogP contribution >= 0.6 is 11.3 Å². The molecule has 0 bridgehead atoms. The summed E-state index contributed by atoms with van der Waals surface area (Å²) in [6.07, 6.45) is 2.28.